The zero-order valence-corrected chi connectivity index (χ0v) is 44.4. The minimum Gasteiger partial charge on any atom is -0.466 e. The first kappa shape index (κ1) is 64.3. The molecule has 390 valence electrons. The third-order valence-electron chi connectivity index (χ3n) is 13.8. The molecule has 6 heteroatoms. The first-order chi connectivity index (χ1) is 32.5. The molecule has 0 aliphatic rings. The highest BCUT2D eigenvalue weighted by Gasteiger charge is 2.20. The molecular formula is C60H115NO5. The maximum atomic E-state index is 12.4. The van der Waals surface area contributed by atoms with E-state index in [4.69, 9.17) is 4.74 Å². The van der Waals surface area contributed by atoms with Crippen LogP contribution in [0.4, 0.5) is 0 Å². The molecule has 6 nitrogen and oxygen atoms in total. The summed E-state index contributed by atoms with van der Waals surface area (Å²) in [5, 5.41) is 23.1. The van der Waals surface area contributed by atoms with Gasteiger partial charge >= 0.3 is 5.97 Å². The molecule has 0 rings (SSSR count). The number of carbonyl (C=O) groups is 2. The Hall–Kier alpha value is -1.66. The first-order valence-corrected chi connectivity index (χ1v) is 29.6. The van der Waals surface area contributed by atoms with E-state index in [1.807, 2.05) is 0 Å². The van der Waals surface area contributed by atoms with Crippen LogP contribution in [0.5, 0.6) is 0 Å². The molecule has 0 heterocycles. The molecule has 1 amide bonds. The van der Waals surface area contributed by atoms with Gasteiger partial charge < -0.3 is 20.3 Å². The van der Waals surface area contributed by atoms with Crippen molar-refractivity contribution >= 4 is 11.9 Å². The molecule has 2 atom stereocenters. The van der Waals surface area contributed by atoms with Crippen molar-refractivity contribution in [1.29, 1.82) is 0 Å². The topological polar surface area (TPSA) is 95.9 Å². The van der Waals surface area contributed by atoms with E-state index in [9.17, 15) is 19.8 Å². The summed E-state index contributed by atoms with van der Waals surface area (Å²) in [4.78, 5) is 24.5. The van der Waals surface area contributed by atoms with E-state index in [1.165, 1.54) is 238 Å². The van der Waals surface area contributed by atoms with E-state index in [0.29, 0.717) is 25.9 Å². The molecule has 0 aromatic heterocycles. The highest BCUT2D eigenvalue weighted by molar-refractivity contribution is 5.76. The van der Waals surface area contributed by atoms with Crippen LogP contribution in [0.2, 0.25) is 0 Å². The van der Waals surface area contributed by atoms with Gasteiger partial charge in [0, 0.05) is 12.8 Å². The van der Waals surface area contributed by atoms with E-state index >= 15 is 0 Å². The predicted octanol–water partition coefficient (Wildman–Crippen LogP) is 18.2. The lowest BCUT2D eigenvalue weighted by Crippen LogP contribution is -2.45. The fourth-order valence-corrected chi connectivity index (χ4v) is 9.20. The molecule has 66 heavy (non-hydrogen) atoms. The summed E-state index contributed by atoms with van der Waals surface area (Å²) >= 11 is 0. The van der Waals surface area contributed by atoms with Crippen molar-refractivity contribution in [2.75, 3.05) is 13.2 Å². The van der Waals surface area contributed by atoms with Gasteiger partial charge in [-0.25, -0.2) is 0 Å². The summed E-state index contributed by atoms with van der Waals surface area (Å²) in [5.74, 6) is -0.0346. The van der Waals surface area contributed by atoms with Crippen LogP contribution in [0.15, 0.2) is 24.3 Å². The third kappa shape index (κ3) is 51.7. The highest BCUT2D eigenvalue weighted by Crippen LogP contribution is 2.17. The average Bonchev–Trinajstić information content (AvgIpc) is 3.32. The van der Waals surface area contributed by atoms with Crippen LogP contribution < -0.4 is 5.32 Å². The number of hydrogen-bond acceptors (Lipinski definition) is 5. The summed E-state index contributed by atoms with van der Waals surface area (Å²) < 4.78 is 5.48. The quantitative estimate of drug-likeness (QED) is 0.0321. The maximum absolute atomic E-state index is 12.4. The van der Waals surface area contributed by atoms with Crippen molar-refractivity contribution in [2.24, 2.45) is 0 Å². The van der Waals surface area contributed by atoms with Crippen molar-refractivity contribution in [2.45, 2.75) is 334 Å². The number of aliphatic hydroxyl groups excluding tert-OH is 2. The third-order valence-corrected chi connectivity index (χ3v) is 13.8. The molecular weight excluding hydrogens is 815 g/mol. The van der Waals surface area contributed by atoms with Gasteiger partial charge in [0.25, 0.3) is 0 Å². The van der Waals surface area contributed by atoms with Crippen LogP contribution >= 0.6 is 0 Å². The molecule has 0 aromatic rings. The lowest BCUT2D eigenvalue weighted by Gasteiger charge is -2.22. The van der Waals surface area contributed by atoms with Crippen LogP contribution in [0.1, 0.15) is 322 Å². The number of nitrogens with one attached hydrogen (secondary N) is 1. The maximum Gasteiger partial charge on any atom is 0.305 e. The first-order valence-electron chi connectivity index (χ1n) is 29.6. The minimum atomic E-state index is -0.662. The minimum absolute atomic E-state index is 0.00100. The Morgan fingerprint density at radius 3 is 1.17 bits per heavy atom. The summed E-state index contributed by atoms with van der Waals surface area (Å²) in [5.41, 5.74) is 0. The van der Waals surface area contributed by atoms with E-state index < -0.39 is 12.1 Å². The summed E-state index contributed by atoms with van der Waals surface area (Å²) in [6, 6.07) is -0.539. The molecule has 0 fully saturated rings. The standard InChI is InChI=1S/C60H115NO5/c1-3-5-7-9-11-13-15-16-17-28-31-34-38-42-46-50-54-60(65)66-55-51-47-43-39-35-32-29-26-24-22-20-18-19-21-23-25-27-30-33-37-41-45-49-53-59(64)61-57(56-62)58(63)52-48-44-40-36-14-12-10-8-6-4-2/h13,15,17,28,57-58,62-63H,3-12,14,16,18-27,29-56H2,1-2H3,(H,61,64)/b15-13-,28-17-. The smallest absolute Gasteiger partial charge is 0.305 e. The number of carbonyl (C=O) groups excluding carboxylic acids is 2. The molecule has 0 bridgehead atoms. The second-order valence-corrected chi connectivity index (χ2v) is 20.3. The van der Waals surface area contributed by atoms with Crippen molar-refractivity contribution in [3.8, 4) is 0 Å². The lowest BCUT2D eigenvalue weighted by atomic mass is 10.0. The van der Waals surface area contributed by atoms with E-state index in [2.05, 4.69) is 43.5 Å². The van der Waals surface area contributed by atoms with Gasteiger partial charge in [-0.05, 0) is 57.8 Å². The normalized spacial score (nSPS) is 12.7. The van der Waals surface area contributed by atoms with Crippen molar-refractivity contribution < 1.29 is 24.5 Å². The summed E-state index contributed by atoms with van der Waals surface area (Å²) in [6.07, 6.45) is 67.5. The number of allylic oxidation sites excluding steroid dienone is 4. The average molecular weight is 931 g/mol. The number of aliphatic hydroxyl groups is 2. The Balaban J connectivity index is 3.35. The Morgan fingerprint density at radius 1 is 0.424 bits per heavy atom. The Bertz CT molecular complexity index is 1030. The molecule has 2 unspecified atom stereocenters. The summed E-state index contributed by atoms with van der Waals surface area (Å²) in [7, 11) is 0. The van der Waals surface area contributed by atoms with Gasteiger partial charge in [0.15, 0.2) is 0 Å². The number of hydrogen-bond donors (Lipinski definition) is 3. The number of rotatable bonds is 55. The van der Waals surface area contributed by atoms with Gasteiger partial charge in [0.1, 0.15) is 0 Å². The SMILES string of the molecule is CCCCCC/C=C\C/C=C\CCCCCCCC(=O)OCCCCCCCCCCCCCCCCCCCCCCCCCC(=O)NC(CO)C(O)CCCCCCCCCCCC. The van der Waals surface area contributed by atoms with Gasteiger partial charge in [-0.3, -0.25) is 9.59 Å². The predicted molar refractivity (Wildman–Crippen MR) is 287 cm³/mol. The number of amides is 1. The second kappa shape index (κ2) is 55.9. The molecule has 0 saturated heterocycles. The van der Waals surface area contributed by atoms with Gasteiger partial charge in [-0.2, -0.15) is 0 Å². The van der Waals surface area contributed by atoms with Crippen molar-refractivity contribution in [1.82, 2.24) is 5.32 Å². The van der Waals surface area contributed by atoms with E-state index in [0.717, 1.165) is 51.4 Å². The zero-order valence-electron chi connectivity index (χ0n) is 44.4. The van der Waals surface area contributed by atoms with E-state index in [-0.39, 0.29) is 18.5 Å². The number of esters is 1. The number of ether oxygens (including phenoxy) is 1. The molecule has 0 radical (unpaired) electrons. The Labute approximate surface area is 411 Å². The largest absolute Gasteiger partial charge is 0.466 e. The Morgan fingerprint density at radius 2 is 0.758 bits per heavy atom. The summed E-state index contributed by atoms with van der Waals surface area (Å²) in [6.45, 7) is 4.92. The van der Waals surface area contributed by atoms with E-state index in [1.54, 1.807) is 0 Å². The fourth-order valence-electron chi connectivity index (χ4n) is 9.20. The molecule has 0 aliphatic carbocycles. The van der Waals surface area contributed by atoms with Crippen LogP contribution in [0, 0.1) is 0 Å². The Kier molecular flexibility index (Phi) is 54.5. The van der Waals surface area contributed by atoms with Crippen LogP contribution in [0.3, 0.4) is 0 Å². The molecule has 0 aliphatic heterocycles. The lowest BCUT2D eigenvalue weighted by molar-refractivity contribution is -0.143. The van der Waals surface area contributed by atoms with Gasteiger partial charge in [-0.1, -0.05) is 276 Å². The zero-order chi connectivity index (χ0) is 47.9. The van der Waals surface area contributed by atoms with Crippen LogP contribution in [-0.2, 0) is 14.3 Å². The van der Waals surface area contributed by atoms with Crippen molar-refractivity contribution in [3.63, 3.8) is 0 Å². The fraction of sp³-hybridized carbons (Fsp3) is 0.900. The van der Waals surface area contributed by atoms with Gasteiger partial charge in [0.05, 0.1) is 25.4 Å². The van der Waals surface area contributed by atoms with Crippen molar-refractivity contribution in [3.05, 3.63) is 24.3 Å². The molecule has 3 N–H and O–H groups in total. The van der Waals surface area contributed by atoms with Gasteiger partial charge in [0.2, 0.25) is 5.91 Å². The molecule has 0 aromatic carbocycles. The second-order valence-electron chi connectivity index (χ2n) is 20.3. The highest BCUT2D eigenvalue weighted by atomic mass is 16.5. The van der Waals surface area contributed by atoms with Crippen LogP contribution in [-0.4, -0.2) is 47.4 Å². The number of unbranched alkanes of at least 4 members (excludes halogenated alkanes) is 40. The van der Waals surface area contributed by atoms with Crippen LogP contribution in [0.25, 0.3) is 0 Å². The molecule has 0 spiro atoms. The van der Waals surface area contributed by atoms with Gasteiger partial charge in [-0.15, -0.1) is 0 Å². The molecule has 0 saturated carbocycles. The monoisotopic (exact) mass is 930 g/mol.